The van der Waals surface area contributed by atoms with Crippen molar-refractivity contribution >= 4 is 6.29 Å². The van der Waals surface area contributed by atoms with Crippen LogP contribution in [0, 0.1) is 0 Å². The Kier molecular flexibility index (Phi) is 1.92. The molecule has 2 rings (SSSR count). The van der Waals surface area contributed by atoms with Crippen molar-refractivity contribution in [1.29, 1.82) is 0 Å². The minimum Gasteiger partial charge on any atom is -0.433 e. The van der Waals surface area contributed by atoms with Crippen molar-refractivity contribution < 1.29 is 9.21 Å². The van der Waals surface area contributed by atoms with Gasteiger partial charge in [0.25, 0.3) is 0 Å². The van der Waals surface area contributed by atoms with Crippen molar-refractivity contribution in [2.24, 2.45) is 0 Å². The van der Waals surface area contributed by atoms with Crippen LogP contribution < -0.4 is 0 Å². The Balaban J connectivity index is 2.41. The van der Waals surface area contributed by atoms with Gasteiger partial charge in [-0.3, -0.25) is 4.79 Å². The van der Waals surface area contributed by atoms with E-state index in [2.05, 4.69) is 4.98 Å². The fourth-order valence-electron chi connectivity index (χ4n) is 1.06. The van der Waals surface area contributed by atoms with Crippen LogP contribution in [0.1, 0.15) is 10.6 Å². The third-order valence-corrected chi connectivity index (χ3v) is 1.66. The van der Waals surface area contributed by atoms with E-state index < -0.39 is 0 Å². The Morgan fingerprint density at radius 3 is 2.62 bits per heavy atom. The number of benzene rings is 1. The largest absolute Gasteiger partial charge is 0.433 e. The molecule has 1 heterocycles. The normalized spacial score (nSPS) is 9.85. The van der Waals surface area contributed by atoms with Crippen molar-refractivity contribution in [3.05, 3.63) is 42.3 Å². The number of rotatable bonds is 2. The number of carbonyl (C=O) groups excluding carboxylic acids is 1. The number of aromatic nitrogens is 1. The summed E-state index contributed by atoms with van der Waals surface area (Å²) in [5.41, 5.74) is 0.871. The summed E-state index contributed by atoms with van der Waals surface area (Å²) in [6.07, 6.45) is 2.05. The molecule has 1 aromatic carbocycles. The molecule has 3 nitrogen and oxygen atoms in total. The van der Waals surface area contributed by atoms with Gasteiger partial charge >= 0.3 is 0 Å². The fourth-order valence-corrected chi connectivity index (χ4v) is 1.06. The summed E-state index contributed by atoms with van der Waals surface area (Å²) in [6, 6.07) is 9.44. The van der Waals surface area contributed by atoms with Crippen LogP contribution in [0.25, 0.3) is 11.5 Å². The smallest absolute Gasteiger partial charge is 0.226 e. The summed E-state index contributed by atoms with van der Waals surface area (Å²) in [7, 11) is 0. The molecule has 13 heavy (non-hydrogen) atoms. The number of oxazole rings is 1. The van der Waals surface area contributed by atoms with Gasteiger partial charge in [-0.15, -0.1) is 0 Å². The number of hydrogen-bond donors (Lipinski definition) is 0. The topological polar surface area (TPSA) is 43.1 Å². The molecule has 0 aliphatic heterocycles. The molecule has 64 valence electrons. The third kappa shape index (κ3) is 1.49. The molecular weight excluding hydrogens is 166 g/mol. The molecule has 0 saturated carbocycles. The molecule has 0 aliphatic carbocycles. The second-order valence-corrected chi connectivity index (χ2v) is 2.55. The first kappa shape index (κ1) is 7.73. The number of hydrogen-bond acceptors (Lipinski definition) is 3. The molecule has 0 saturated heterocycles. The van der Waals surface area contributed by atoms with Crippen LogP contribution in [-0.2, 0) is 0 Å². The Bertz CT molecular complexity index is 406. The van der Waals surface area contributed by atoms with E-state index in [1.165, 1.54) is 6.20 Å². The van der Waals surface area contributed by atoms with Crippen molar-refractivity contribution in [3.8, 4) is 11.5 Å². The molecular formula is C10H7NO2. The zero-order valence-electron chi connectivity index (χ0n) is 6.81. The van der Waals surface area contributed by atoms with E-state index in [0.717, 1.165) is 5.56 Å². The first-order valence-corrected chi connectivity index (χ1v) is 3.86. The maximum Gasteiger partial charge on any atom is 0.226 e. The quantitative estimate of drug-likeness (QED) is 0.653. The molecule has 0 unspecified atom stereocenters. The molecule has 0 atom stereocenters. The molecule has 1 aromatic heterocycles. The van der Waals surface area contributed by atoms with Gasteiger partial charge in [-0.05, 0) is 12.1 Å². The van der Waals surface area contributed by atoms with Gasteiger partial charge in [-0.2, -0.15) is 0 Å². The highest BCUT2D eigenvalue weighted by Crippen LogP contribution is 2.17. The minimum atomic E-state index is 0.249. The first-order valence-electron chi connectivity index (χ1n) is 3.86. The van der Waals surface area contributed by atoms with Gasteiger partial charge in [0.05, 0.1) is 6.20 Å². The van der Waals surface area contributed by atoms with Crippen LogP contribution in [0.3, 0.4) is 0 Å². The highest BCUT2D eigenvalue weighted by molar-refractivity contribution is 5.71. The standard InChI is InChI=1S/C10H7NO2/c12-7-9-6-11-10(13-9)8-4-2-1-3-5-8/h1-7H. The lowest BCUT2D eigenvalue weighted by Crippen LogP contribution is -1.73. The molecule has 3 heteroatoms. The predicted octanol–water partition coefficient (Wildman–Crippen LogP) is 2.15. The van der Waals surface area contributed by atoms with Crippen molar-refractivity contribution in [2.75, 3.05) is 0 Å². The Hall–Kier alpha value is -1.90. The number of nitrogens with zero attached hydrogens (tertiary/aromatic N) is 1. The van der Waals surface area contributed by atoms with E-state index in [1.807, 2.05) is 30.3 Å². The van der Waals surface area contributed by atoms with Gasteiger partial charge in [0.15, 0.2) is 12.0 Å². The molecule has 0 aliphatic rings. The maximum atomic E-state index is 10.3. The van der Waals surface area contributed by atoms with Crippen LogP contribution in [0.5, 0.6) is 0 Å². The van der Waals surface area contributed by atoms with Gasteiger partial charge in [0.1, 0.15) is 0 Å². The molecule has 0 spiro atoms. The molecule has 0 bridgehead atoms. The van der Waals surface area contributed by atoms with E-state index in [0.29, 0.717) is 12.2 Å². The highest BCUT2D eigenvalue weighted by atomic mass is 16.4. The molecule has 0 amide bonds. The summed E-state index contributed by atoms with van der Waals surface area (Å²) in [5.74, 6) is 0.724. The van der Waals surface area contributed by atoms with Crippen molar-refractivity contribution in [1.82, 2.24) is 4.98 Å². The molecule has 0 fully saturated rings. The third-order valence-electron chi connectivity index (χ3n) is 1.66. The van der Waals surface area contributed by atoms with Crippen LogP contribution in [0.15, 0.2) is 40.9 Å². The van der Waals surface area contributed by atoms with Crippen LogP contribution >= 0.6 is 0 Å². The summed E-state index contributed by atoms with van der Waals surface area (Å²) >= 11 is 0. The van der Waals surface area contributed by atoms with Crippen molar-refractivity contribution in [3.63, 3.8) is 0 Å². The fraction of sp³-hybridized carbons (Fsp3) is 0. The van der Waals surface area contributed by atoms with Gasteiger partial charge in [0, 0.05) is 5.56 Å². The van der Waals surface area contributed by atoms with Crippen LogP contribution in [-0.4, -0.2) is 11.3 Å². The van der Waals surface area contributed by atoms with Gasteiger partial charge in [0.2, 0.25) is 5.89 Å². The lowest BCUT2D eigenvalue weighted by molar-refractivity contribution is 0.110. The lowest BCUT2D eigenvalue weighted by atomic mass is 10.2. The van der Waals surface area contributed by atoms with Gasteiger partial charge < -0.3 is 4.42 Å². The average molecular weight is 173 g/mol. The average Bonchev–Trinajstić information content (AvgIpc) is 2.67. The van der Waals surface area contributed by atoms with Gasteiger partial charge in [-0.25, -0.2) is 4.98 Å². The van der Waals surface area contributed by atoms with Crippen molar-refractivity contribution in [2.45, 2.75) is 0 Å². The molecule has 0 radical (unpaired) electrons. The van der Waals surface area contributed by atoms with E-state index in [9.17, 15) is 4.79 Å². The number of carbonyl (C=O) groups is 1. The zero-order chi connectivity index (χ0) is 9.10. The monoisotopic (exact) mass is 173 g/mol. The van der Waals surface area contributed by atoms with Gasteiger partial charge in [-0.1, -0.05) is 18.2 Å². The summed E-state index contributed by atoms with van der Waals surface area (Å²) in [5, 5.41) is 0. The van der Waals surface area contributed by atoms with E-state index in [1.54, 1.807) is 0 Å². The maximum absolute atomic E-state index is 10.3. The first-order chi connectivity index (χ1) is 6.40. The van der Waals surface area contributed by atoms with Crippen LogP contribution in [0.2, 0.25) is 0 Å². The predicted molar refractivity (Wildman–Crippen MR) is 47.3 cm³/mol. The zero-order valence-corrected chi connectivity index (χ0v) is 6.81. The second-order valence-electron chi connectivity index (χ2n) is 2.55. The van der Waals surface area contributed by atoms with Crippen LogP contribution in [0.4, 0.5) is 0 Å². The summed E-state index contributed by atoms with van der Waals surface area (Å²) in [6.45, 7) is 0. The summed E-state index contributed by atoms with van der Waals surface area (Å²) in [4.78, 5) is 14.3. The second kappa shape index (κ2) is 3.23. The van der Waals surface area contributed by atoms with E-state index >= 15 is 0 Å². The van der Waals surface area contributed by atoms with E-state index in [-0.39, 0.29) is 5.76 Å². The Labute approximate surface area is 75.0 Å². The minimum absolute atomic E-state index is 0.249. The Morgan fingerprint density at radius 1 is 1.23 bits per heavy atom. The van der Waals surface area contributed by atoms with E-state index in [4.69, 9.17) is 4.42 Å². The summed E-state index contributed by atoms with van der Waals surface area (Å²) < 4.78 is 5.14. The SMILES string of the molecule is O=Cc1cnc(-c2ccccc2)o1. The molecule has 0 N–H and O–H groups in total. The number of aldehydes is 1. The molecule has 2 aromatic rings. The lowest BCUT2D eigenvalue weighted by Gasteiger charge is -1.91. The Morgan fingerprint density at radius 2 is 2.00 bits per heavy atom. The highest BCUT2D eigenvalue weighted by Gasteiger charge is 2.03.